The largest absolute Gasteiger partial charge is 0.465 e. The van der Waals surface area contributed by atoms with Gasteiger partial charge in [-0.3, -0.25) is 14.5 Å². The number of nitriles is 1. The van der Waals surface area contributed by atoms with Gasteiger partial charge in [0.2, 0.25) is 5.91 Å². The number of amides is 1. The second-order valence-corrected chi connectivity index (χ2v) is 8.71. The summed E-state index contributed by atoms with van der Waals surface area (Å²) < 4.78 is 7.35. The van der Waals surface area contributed by atoms with Crippen LogP contribution in [0.25, 0.3) is 10.9 Å². The van der Waals surface area contributed by atoms with Crippen molar-refractivity contribution in [2.75, 3.05) is 26.2 Å². The van der Waals surface area contributed by atoms with Crippen molar-refractivity contribution in [1.29, 1.82) is 5.26 Å². The zero-order chi connectivity index (χ0) is 22.7. The fourth-order valence-corrected chi connectivity index (χ4v) is 5.17. The van der Waals surface area contributed by atoms with E-state index in [1.54, 1.807) is 6.92 Å². The number of hydrogen-bond donors (Lipinski definition) is 0. The Labute approximate surface area is 189 Å². The summed E-state index contributed by atoms with van der Waals surface area (Å²) in [5, 5.41) is 10.4. The molecule has 2 aliphatic heterocycles. The number of rotatable bonds is 8. The number of esters is 1. The van der Waals surface area contributed by atoms with Crippen LogP contribution in [0.2, 0.25) is 0 Å². The number of aryl methyl sites for hydroxylation is 2. The number of hydrogen-bond acceptors (Lipinski definition) is 5. The van der Waals surface area contributed by atoms with Crippen LogP contribution in [0, 0.1) is 11.3 Å². The second kappa shape index (κ2) is 9.74. The first-order valence-corrected chi connectivity index (χ1v) is 11.8. The van der Waals surface area contributed by atoms with Crippen LogP contribution in [-0.4, -0.2) is 64.6 Å². The number of nitrogens with zero attached hydrogens (tertiary/aromatic N) is 4. The molecule has 0 saturated carbocycles. The lowest BCUT2D eigenvalue weighted by atomic mass is 9.95. The molecule has 1 aromatic heterocycles. The molecule has 2 atom stereocenters. The lowest BCUT2D eigenvalue weighted by Gasteiger charge is -2.43. The van der Waals surface area contributed by atoms with E-state index in [9.17, 15) is 14.9 Å². The Bertz CT molecular complexity index is 1040. The molecular weight excluding hydrogens is 404 g/mol. The highest BCUT2D eigenvalue weighted by Gasteiger charge is 2.40. The maximum atomic E-state index is 13.2. The van der Waals surface area contributed by atoms with E-state index in [4.69, 9.17) is 4.74 Å². The third kappa shape index (κ3) is 4.37. The highest BCUT2D eigenvalue weighted by molar-refractivity contribution is 5.84. The molecule has 0 N–H and O–H groups in total. The van der Waals surface area contributed by atoms with Crippen LogP contribution >= 0.6 is 0 Å². The number of benzene rings is 1. The van der Waals surface area contributed by atoms with Crippen molar-refractivity contribution in [2.45, 2.75) is 64.6 Å². The molecule has 2 aromatic rings. The van der Waals surface area contributed by atoms with Gasteiger partial charge in [0.05, 0.1) is 30.8 Å². The first-order valence-electron chi connectivity index (χ1n) is 11.8. The van der Waals surface area contributed by atoms with E-state index in [0.29, 0.717) is 12.2 Å². The molecule has 0 spiro atoms. The van der Waals surface area contributed by atoms with Crippen molar-refractivity contribution in [3.8, 4) is 6.07 Å². The Morgan fingerprint density at radius 1 is 1.19 bits per heavy atom. The molecule has 32 heavy (non-hydrogen) atoms. The molecule has 7 heteroatoms. The van der Waals surface area contributed by atoms with Crippen molar-refractivity contribution < 1.29 is 14.3 Å². The minimum absolute atomic E-state index is 0.165. The molecule has 170 valence electrons. The predicted molar refractivity (Wildman–Crippen MR) is 122 cm³/mol. The number of fused-ring (bicyclic) bond motifs is 1. The topological polar surface area (TPSA) is 78.6 Å². The molecule has 0 bridgehead atoms. The van der Waals surface area contributed by atoms with E-state index in [0.717, 1.165) is 62.6 Å². The monoisotopic (exact) mass is 436 g/mol. The number of carbonyl (C=O) groups excluding carboxylic acids is 2. The van der Waals surface area contributed by atoms with Gasteiger partial charge in [-0.2, -0.15) is 5.26 Å². The summed E-state index contributed by atoms with van der Waals surface area (Å²) in [5.74, 6) is -0.0861. The van der Waals surface area contributed by atoms with Gasteiger partial charge in [0.1, 0.15) is 0 Å². The fourth-order valence-electron chi connectivity index (χ4n) is 5.17. The summed E-state index contributed by atoms with van der Waals surface area (Å²) in [6.07, 6.45) is 4.61. The van der Waals surface area contributed by atoms with Crippen LogP contribution in [-0.2, 0) is 27.3 Å². The zero-order valence-corrected chi connectivity index (χ0v) is 19.0. The molecule has 2 fully saturated rings. The number of carbonyl (C=O) groups is 2. The molecule has 2 aliphatic rings. The Hall–Kier alpha value is -2.85. The summed E-state index contributed by atoms with van der Waals surface area (Å²) in [7, 11) is 0. The third-order valence-electron chi connectivity index (χ3n) is 6.88. The summed E-state index contributed by atoms with van der Waals surface area (Å²) >= 11 is 0. The van der Waals surface area contributed by atoms with Crippen molar-refractivity contribution >= 4 is 22.8 Å². The summed E-state index contributed by atoms with van der Waals surface area (Å²) in [5.41, 5.74) is 3.03. The Morgan fingerprint density at radius 2 is 2.03 bits per heavy atom. The number of aromatic nitrogens is 1. The molecule has 1 amide bonds. The summed E-state index contributed by atoms with van der Waals surface area (Å²) in [6, 6.07) is 10.3. The van der Waals surface area contributed by atoms with Crippen molar-refractivity contribution in [2.24, 2.45) is 0 Å². The molecule has 3 heterocycles. The molecule has 0 aliphatic carbocycles. The van der Waals surface area contributed by atoms with Crippen molar-refractivity contribution in [3.63, 3.8) is 0 Å². The van der Waals surface area contributed by atoms with Crippen LogP contribution in [0.3, 0.4) is 0 Å². The summed E-state index contributed by atoms with van der Waals surface area (Å²) in [4.78, 5) is 29.1. The minimum atomic E-state index is -0.251. The average molecular weight is 437 g/mol. The third-order valence-corrected chi connectivity index (χ3v) is 6.88. The quantitative estimate of drug-likeness (QED) is 0.594. The first-order chi connectivity index (χ1) is 15.5. The SMILES string of the molecule is CCOC(=O)CN1CCC[C@@H]1C(=O)N1CC[C@@H]1CCc1cc2ccc(C#N)cc2n1CC. The Morgan fingerprint density at radius 3 is 2.72 bits per heavy atom. The predicted octanol–water partition coefficient (Wildman–Crippen LogP) is 3.09. The van der Waals surface area contributed by atoms with Crippen molar-refractivity contribution in [1.82, 2.24) is 14.4 Å². The van der Waals surface area contributed by atoms with Gasteiger partial charge in [-0.25, -0.2) is 0 Å². The first kappa shape index (κ1) is 22.3. The smallest absolute Gasteiger partial charge is 0.320 e. The van der Waals surface area contributed by atoms with Crippen LogP contribution < -0.4 is 0 Å². The van der Waals surface area contributed by atoms with E-state index in [1.165, 1.54) is 5.69 Å². The van der Waals surface area contributed by atoms with E-state index in [2.05, 4.69) is 23.6 Å². The second-order valence-electron chi connectivity index (χ2n) is 8.71. The Balaban J connectivity index is 1.39. The molecule has 1 aromatic carbocycles. The maximum Gasteiger partial charge on any atom is 0.320 e. The van der Waals surface area contributed by atoms with Gasteiger partial charge in [0.15, 0.2) is 0 Å². The number of ether oxygens (including phenoxy) is 1. The summed E-state index contributed by atoms with van der Waals surface area (Å²) in [6.45, 7) is 6.92. The van der Waals surface area contributed by atoms with Gasteiger partial charge in [-0.15, -0.1) is 0 Å². The normalized spacial score (nSPS) is 20.8. The van der Waals surface area contributed by atoms with Crippen LogP contribution in [0.5, 0.6) is 0 Å². The highest BCUT2D eigenvalue weighted by Crippen LogP contribution is 2.29. The van der Waals surface area contributed by atoms with E-state index < -0.39 is 0 Å². The fraction of sp³-hybridized carbons (Fsp3) is 0.560. The van der Waals surface area contributed by atoms with E-state index in [1.807, 2.05) is 28.0 Å². The van der Waals surface area contributed by atoms with Crippen LogP contribution in [0.1, 0.15) is 50.8 Å². The van der Waals surface area contributed by atoms with Gasteiger partial charge in [-0.05, 0) is 76.1 Å². The molecule has 0 unspecified atom stereocenters. The van der Waals surface area contributed by atoms with Gasteiger partial charge in [0.25, 0.3) is 0 Å². The highest BCUT2D eigenvalue weighted by atomic mass is 16.5. The molecule has 0 radical (unpaired) electrons. The van der Waals surface area contributed by atoms with Gasteiger partial charge in [-0.1, -0.05) is 6.07 Å². The molecule has 4 rings (SSSR count). The lowest BCUT2D eigenvalue weighted by molar-refractivity contribution is -0.148. The maximum absolute atomic E-state index is 13.2. The lowest BCUT2D eigenvalue weighted by Crippen LogP contribution is -2.57. The Kier molecular flexibility index (Phi) is 6.80. The van der Waals surface area contributed by atoms with E-state index in [-0.39, 0.29) is 30.5 Å². The van der Waals surface area contributed by atoms with Gasteiger partial charge >= 0.3 is 5.97 Å². The number of likely N-dealkylation sites (tertiary alicyclic amines) is 2. The zero-order valence-electron chi connectivity index (χ0n) is 19.0. The standard InChI is InChI=1S/C25H32N4O3/c1-3-28-21(15-19-8-7-18(16-26)14-23(19)28)10-9-20-11-13-29(20)25(31)22-6-5-12-27(22)17-24(30)32-4-2/h7-8,14-15,20,22H,3-6,9-13,17H2,1-2H3/t20-,22+/m0/s1. The van der Waals surface area contributed by atoms with E-state index >= 15 is 0 Å². The van der Waals surface area contributed by atoms with Gasteiger partial charge < -0.3 is 14.2 Å². The average Bonchev–Trinajstić information content (AvgIpc) is 3.36. The van der Waals surface area contributed by atoms with Crippen molar-refractivity contribution in [3.05, 3.63) is 35.5 Å². The minimum Gasteiger partial charge on any atom is -0.465 e. The molecule has 7 nitrogen and oxygen atoms in total. The van der Waals surface area contributed by atoms with Gasteiger partial charge in [0, 0.05) is 30.3 Å². The van der Waals surface area contributed by atoms with Crippen LogP contribution in [0.4, 0.5) is 0 Å². The molecular formula is C25H32N4O3. The molecule has 2 saturated heterocycles. The van der Waals surface area contributed by atoms with Crippen LogP contribution in [0.15, 0.2) is 24.3 Å².